The molecule has 0 atom stereocenters. The van der Waals surface area contributed by atoms with E-state index in [1.807, 2.05) is 0 Å². The van der Waals surface area contributed by atoms with E-state index in [4.69, 9.17) is 4.74 Å². The van der Waals surface area contributed by atoms with Crippen molar-refractivity contribution >= 4 is 10.2 Å². The molecule has 1 rings (SSSR count). The minimum absolute atomic E-state index is 0.436. The second kappa shape index (κ2) is 8.94. The van der Waals surface area contributed by atoms with Gasteiger partial charge < -0.3 is 10.1 Å². The van der Waals surface area contributed by atoms with Gasteiger partial charge in [-0.15, -0.1) is 0 Å². The Labute approximate surface area is 123 Å². The predicted molar refractivity (Wildman–Crippen MR) is 80.9 cm³/mol. The third kappa shape index (κ3) is 6.49. The second-order valence-corrected chi connectivity index (χ2v) is 7.41. The van der Waals surface area contributed by atoms with Crippen molar-refractivity contribution in [2.45, 2.75) is 39.2 Å². The Balaban J connectivity index is 2.28. The third-order valence-corrected chi connectivity index (χ3v) is 5.15. The van der Waals surface area contributed by atoms with Crippen LogP contribution in [0.4, 0.5) is 0 Å². The summed E-state index contributed by atoms with van der Waals surface area (Å²) in [6, 6.07) is 0.485. The number of hydrogen-bond acceptors (Lipinski definition) is 4. The molecule has 1 heterocycles. The molecule has 120 valence electrons. The summed E-state index contributed by atoms with van der Waals surface area (Å²) in [6.45, 7) is 7.48. The highest BCUT2D eigenvalue weighted by Crippen LogP contribution is 2.18. The molecule has 1 aliphatic rings. The largest absolute Gasteiger partial charge is 0.385 e. The van der Waals surface area contributed by atoms with Gasteiger partial charge >= 0.3 is 0 Å². The molecule has 0 aromatic rings. The van der Waals surface area contributed by atoms with Crippen LogP contribution in [0.15, 0.2) is 0 Å². The molecule has 7 heteroatoms. The van der Waals surface area contributed by atoms with E-state index in [-0.39, 0.29) is 0 Å². The maximum atomic E-state index is 12.1. The fourth-order valence-corrected chi connectivity index (χ4v) is 3.54. The number of nitrogens with one attached hydrogen (secondary N) is 2. The van der Waals surface area contributed by atoms with Crippen molar-refractivity contribution in [3.8, 4) is 0 Å². The lowest BCUT2D eigenvalue weighted by Gasteiger charge is -2.31. The quantitative estimate of drug-likeness (QED) is 0.611. The number of nitrogens with zero attached hydrogens (tertiary/aromatic N) is 1. The molecule has 0 aromatic carbocycles. The van der Waals surface area contributed by atoms with Crippen molar-refractivity contribution in [3.63, 3.8) is 0 Å². The highest BCUT2D eigenvalue weighted by atomic mass is 32.2. The molecule has 6 nitrogen and oxygen atoms in total. The van der Waals surface area contributed by atoms with Gasteiger partial charge in [-0.2, -0.15) is 12.7 Å². The molecule has 1 saturated heterocycles. The van der Waals surface area contributed by atoms with Crippen LogP contribution in [0, 0.1) is 5.92 Å². The normalized spacial score (nSPS) is 18.8. The molecular weight excluding hydrogens is 278 g/mol. The molecule has 0 bridgehead atoms. The van der Waals surface area contributed by atoms with E-state index in [1.54, 1.807) is 11.4 Å². The van der Waals surface area contributed by atoms with Crippen molar-refractivity contribution in [1.82, 2.24) is 14.3 Å². The van der Waals surface area contributed by atoms with Gasteiger partial charge in [-0.3, -0.25) is 0 Å². The Bertz CT molecular complexity index is 352. The minimum atomic E-state index is -3.31. The van der Waals surface area contributed by atoms with Crippen LogP contribution in [0.2, 0.25) is 0 Å². The second-order valence-electron chi connectivity index (χ2n) is 5.65. The van der Waals surface area contributed by atoms with Crippen molar-refractivity contribution < 1.29 is 13.2 Å². The van der Waals surface area contributed by atoms with Gasteiger partial charge in [0.1, 0.15) is 0 Å². The van der Waals surface area contributed by atoms with Gasteiger partial charge in [-0.1, -0.05) is 13.8 Å². The molecule has 0 saturated carbocycles. The fourth-order valence-electron chi connectivity index (χ4n) is 2.27. The molecule has 0 amide bonds. The SMILES string of the molecule is COCCCNS(=O)(=O)N1CCC(CNC(C)C)CC1. The van der Waals surface area contributed by atoms with E-state index in [2.05, 4.69) is 23.9 Å². The molecule has 0 aliphatic carbocycles. The molecule has 20 heavy (non-hydrogen) atoms. The molecule has 0 radical (unpaired) electrons. The van der Waals surface area contributed by atoms with Crippen molar-refractivity contribution in [1.29, 1.82) is 0 Å². The maximum Gasteiger partial charge on any atom is 0.279 e. The summed E-state index contributed by atoms with van der Waals surface area (Å²) in [5, 5.41) is 3.42. The van der Waals surface area contributed by atoms with Crippen molar-refractivity contribution in [2.24, 2.45) is 5.92 Å². The van der Waals surface area contributed by atoms with Crippen LogP contribution in [0.3, 0.4) is 0 Å². The zero-order valence-electron chi connectivity index (χ0n) is 12.9. The van der Waals surface area contributed by atoms with Crippen molar-refractivity contribution in [2.75, 3.05) is 39.9 Å². The fraction of sp³-hybridized carbons (Fsp3) is 1.00. The average Bonchev–Trinajstić information content (AvgIpc) is 2.42. The molecular formula is C13H29N3O3S. The summed E-state index contributed by atoms with van der Waals surface area (Å²) in [5.74, 6) is 0.581. The summed E-state index contributed by atoms with van der Waals surface area (Å²) in [6.07, 6.45) is 2.56. The Morgan fingerprint density at radius 1 is 1.30 bits per heavy atom. The van der Waals surface area contributed by atoms with Crippen LogP contribution in [0.5, 0.6) is 0 Å². The Morgan fingerprint density at radius 3 is 2.50 bits per heavy atom. The van der Waals surface area contributed by atoms with E-state index >= 15 is 0 Å². The van der Waals surface area contributed by atoms with Gasteiger partial charge in [-0.25, -0.2) is 4.72 Å². The summed E-state index contributed by atoms with van der Waals surface area (Å²) in [4.78, 5) is 0. The Kier molecular flexibility index (Phi) is 7.98. The number of hydrogen-bond donors (Lipinski definition) is 2. The van der Waals surface area contributed by atoms with Crippen LogP contribution in [0.25, 0.3) is 0 Å². The van der Waals surface area contributed by atoms with Crippen LogP contribution in [-0.4, -0.2) is 58.7 Å². The summed E-state index contributed by atoms with van der Waals surface area (Å²) < 4.78 is 33.3. The van der Waals surface area contributed by atoms with Gasteiger partial charge in [0.2, 0.25) is 0 Å². The number of methoxy groups -OCH3 is 1. The van der Waals surface area contributed by atoms with E-state index in [9.17, 15) is 8.42 Å². The van der Waals surface area contributed by atoms with E-state index in [0.717, 1.165) is 19.4 Å². The highest BCUT2D eigenvalue weighted by Gasteiger charge is 2.27. The smallest absolute Gasteiger partial charge is 0.279 e. The molecule has 2 N–H and O–H groups in total. The van der Waals surface area contributed by atoms with Gasteiger partial charge in [0, 0.05) is 39.4 Å². The maximum absolute atomic E-state index is 12.1. The number of ether oxygens (including phenoxy) is 1. The molecule has 0 aromatic heterocycles. The van der Waals surface area contributed by atoms with Crippen LogP contribution >= 0.6 is 0 Å². The zero-order valence-corrected chi connectivity index (χ0v) is 13.7. The number of rotatable bonds is 9. The molecule has 0 unspecified atom stereocenters. The zero-order chi connectivity index (χ0) is 15.0. The first kappa shape index (κ1) is 17.8. The van der Waals surface area contributed by atoms with Crippen LogP contribution in [0.1, 0.15) is 33.1 Å². The van der Waals surface area contributed by atoms with Crippen LogP contribution in [-0.2, 0) is 14.9 Å². The molecule has 1 aliphatic heterocycles. The highest BCUT2D eigenvalue weighted by molar-refractivity contribution is 7.87. The molecule has 0 spiro atoms. The first-order valence-corrected chi connectivity index (χ1v) is 8.86. The third-order valence-electron chi connectivity index (χ3n) is 3.54. The predicted octanol–water partition coefficient (Wildman–Crippen LogP) is 0.567. The van der Waals surface area contributed by atoms with Gasteiger partial charge in [0.15, 0.2) is 0 Å². The number of piperidine rings is 1. The topological polar surface area (TPSA) is 70.7 Å². The summed E-state index contributed by atoms with van der Waals surface area (Å²) in [7, 11) is -1.70. The van der Waals surface area contributed by atoms with Gasteiger partial charge in [0.05, 0.1) is 0 Å². The summed E-state index contributed by atoms with van der Waals surface area (Å²) >= 11 is 0. The lowest BCUT2D eigenvalue weighted by atomic mass is 9.98. The van der Waals surface area contributed by atoms with E-state index in [0.29, 0.717) is 44.6 Å². The lowest BCUT2D eigenvalue weighted by Crippen LogP contribution is -2.46. The monoisotopic (exact) mass is 307 g/mol. The minimum Gasteiger partial charge on any atom is -0.385 e. The first-order valence-electron chi connectivity index (χ1n) is 7.42. The van der Waals surface area contributed by atoms with Crippen LogP contribution < -0.4 is 10.0 Å². The molecule has 1 fully saturated rings. The first-order chi connectivity index (χ1) is 9.45. The van der Waals surface area contributed by atoms with Crippen molar-refractivity contribution in [3.05, 3.63) is 0 Å². The van der Waals surface area contributed by atoms with E-state index < -0.39 is 10.2 Å². The van der Waals surface area contributed by atoms with E-state index in [1.165, 1.54) is 0 Å². The Hall–Kier alpha value is -0.210. The summed E-state index contributed by atoms with van der Waals surface area (Å²) in [5.41, 5.74) is 0. The lowest BCUT2D eigenvalue weighted by molar-refractivity contribution is 0.195. The van der Waals surface area contributed by atoms with Gasteiger partial charge in [0.25, 0.3) is 10.2 Å². The Morgan fingerprint density at radius 2 is 1.95 bits per heavy atom. The van der Waals surface area contributed by atoms with Gasteiger partial charge in [-0.05, 0) is 31.7 Å². The average molecular weight is 307 g/mol. The standard InChI is InChI=1S/C13H29N3O3S/c1-12(2)14-11-13-5-8-16(9-6-13)20(17,18)15-7-4-10-19-3/h12-15H,4-11H2,1-3H3.